The number of carbonyl (C=O) groups excluding carboxylic acids is 2. The number of aryl methyl sites for hydroxylation is 3. The third kappa shape index (κ3) is 8.11. The fraction of sp³-hybridized carbons (Fsp3) is 0.257. The van der Waals surface area contributed by atoms with Crippen LogP contribution in [0.1, 0.15) is 34.7 Å². The summed E-state index contributed by atoms with van der Waals surface area (Å²) in [4.78, 5) is 29.6. The maximum atomic E-state index is 14.4. The van der Waals surface area contributed by atoms with Crippen LogP contribution in [0.15, 0.2) is 108 Å². The Morgan fingerprint density at radius 2 is 1.37 bits per heavy atom. The summed E-state index contributed by atoms with van der Waals surface area (Å²) in [6.07, 6.45) is 0.277. The van der Waals surface area contributed by atoms with E-state index in [-0.39, 0.29) is 23.8 Å². The number of hydrogen-bond acceptors (Lipinski definition) is 4. The largest absolute Gasteiger partial charge is 0.355 e. The van der Waals surface area contributed by atoms with Gasteiger partial charge in [0.15, 0.2) is 0 Å². The van der Waals surface area contributed by atoms with Gasteiger partial charge in [-0.1, -0.05) is 90.0 Å². The smallest absolute Gasteiger partial charge is 0.264 e. The van der Waals surface area contributed by atoms with Crippen LogP contribution in [0, 0.1) is 20.8 Å². The third-order valence-electron chi connectivity index (χ3n) is 7.23. The monoisotopic (exact) mass is 597 g/mol. The molecule has 0 saturated carbocycles. The number of anilines is 1. The van der Waals surface area contributed by atoms with Gasteiger partial charge in [-0.2, -0.15) is 0 Å². The Morgan fingerprint density at radius 3 is 2.00 bits per heavy atom. The second-order valence-corrected chi connectivity index (χ2v) is 12.6. The van der Waals surface area contributed by atoms with Gasteiger partial charge in [-0.05, 0) is 68.7 Å². The van der Waals surface area contributed by atoms with Crippen molar-refractivity contribution in [1.82, 2.24) is 10.2 Å². The molecule has 1 N–H and O–H groups in total. The highest BCUT2D eigenvalue weighted by Gasteiger charge is 2.34. The Kier molecular flexibility index (Phi) is 10.4. The van der Waals surface area contributed by atoms with Crippen LogP contribution in [0.25, 0.3) is 0 Å². The quantitative estimate of drug-likeness (QED) is 0.231. The minimum atomic E-state index is -4.13. The molecule has 43 heavy (non-hydrogen) atoms. The van der Waals surface area contributed by atoms with E-state index in [1.807, 2.05) is 88.4 Å². The number of nitrogens with one attached hydrogen (secondary N) is 1. The highest BCUT2D eigenvalue weighted by molar-refractivity contribution is 7.92. The normalized spacial score (nSPS) is 11.9. The van der Waals surface area contributed by atoms with Crippen LogP contribution in [-0.4, -0.2) is 44.3 Å². The zero-order chi connectivity index (χ0) is 31.0. The number of likely N-dealkylation sites (N-methyl/N-ethyl adjacent to an activating group) is 1. The van der Waals surface area contributed by atoms with Crippen molar-refractivity contribution in [3.8, 4) is 0 Å². The second-order valence-electron chi connectivity index (χ2n) is 10.8. The molecule has 0 radical (unpaired) electrons. The predicted molar refractivity (Wildman–Crippen MR) is 171 cm³/mol. The Hall–Kier alpha value is -4.43. The Bertz CT molecular complexity index is 1650. The van der Waals surface area contributed by atoms with Crippen molar-refractivity contribution in [3.05, 3.63) is 131 Å². The van der Waals surface area contributed by atoms with E-state index in [0.29, 0.717) is 12.2 Å². The van der Waals surface area contributed by atoms with Gasteiger partial charge in [-0.3, -0.25) is 13.9 Å². The molecule has 4 aromatic rings. The lowest BCUT2D eigenvalue weighted by Crippen LogP contribution is -2.53. The van der Waals surface area contributed by atoms with Crippen LogP contribution < -0.4 is 9.62 Å². The first-order valence-electron chi connectivity index (χ1n) is 14.4. The van der Waals surface area contributed by atoms with E-state index < -0.39 is 28.5 Å². The molecule has 0 aromatic heterocycles. The van der Waals surface area contributed by atoms with Gasteiger partial charge in [-0.15, -0.1) is 0 Å². The van der Waals surface area contributed by atoms with E-state index >= 15 is 0 Å². The molecule has 0 aliphatic carbocycles. The fourth-order valence-corrected chi connectivity index (χ4v) is 6.41. The molecule has 0 fully saturated rings. The summed E-state index contributed by atoms with van der Waals surface area (Å²) in [6, 6.07) is 30.1. The first kappa shape index (κ1) is 31.5. The van der Waals surface area contributed by atoms with Crippen molar-refractivity contribution in [3.63, 3.8) is 0 Å². The number of sulfonamides is 1. The summed E-state index contributed by atoms with van der Waals surface area (Å²) in [5.74, 6) is -0.776. The first-order valence-corrected chi connectivity index (χ1v) is 15.8. The van der Waals surface area contributed by atoms with Crippen LogP contribution in [0.4, 0.5) is 5.69 Å². The summed E-state index contributed by atoms with van der Waals surface area (Å²) in [7, 11) is -4.13. The SMILES string of the molecule is CCNC(=O)[C@H](Cc1ccccc1)N(Cc1cccc(C)c1)C(=O)CN(c1cccc(C)c1)S(=O)(=O)c1ccc(C)cc1. The maximum absolute atomic E-state index is 14.4. The average molecular weight is 598 g/mol. The molecular formula is C35H39N3O4S. The zero-order valence-corrected chi connectivity index (χ0v) is 26.0. The van der Waals surface area contributed by atoms with Crippen molar-refractivity contribution in [2.75, 3.05) is 17.4 Å². The van der Waals surface area contributed by atoms with Crippen LogP contribution in [-0.2, 0) is 32.6 Å². The van der Waals surface area contributed by atoms with Crippen molar-refractivity contribution in [1.29, 1.82) is 0 Å². The lowest BCUT2D eigenvalue weighted by Gasteiger charge is -2.34. The maximum Gasteiger partial charge on any atom is 0.264 e. The number of carbonyl (C=O) groups is 2. The highest BCUT2D eigenvalue weighted by atomic mass is 32.2. The summed E-state index contributed by atoms with van der Waals surface area (Å²) >= 11 is 0. The second kappa shape index (κ2) is 14.2. The van der Waals surface area contributed by atoms with Gasteiger partial charge in [0.05, 0.1) is 10.6 Å². The lowest BCUT2D eigenvalue weighted by atomic mass is 10.0. The minimum Gasteiger partial charge on any atom is -0.355 e. The summed E-state index contributed by atoms with van der Waals surface area (Å²) < 4.78 is 29.3. The first-order chi connectivity index (χ1) is 20.6. The molecule has 0 bridgehead atoms. The number of benzene rings is 4. The van der Waals surface area contributed by atoms with Gasteiger partial charge in [0.25, 0.3) is 10.0 Å². The molecule has 224 valence electrons. The fourth-order valence-electron chi connectivity index (χ4n) is 5.00. The summed E-state index contributed by atoms with van der Waals surface area (Å²) in [6.45, 7) is 7.62. The van der Waals surface area contributed by atoms with Crippen LogP contribution in [0.2, 0.25) is 0 Å². The molecule has 0 spiro atoms. The van der Waals surface area contributed by atoms with Gasteiger partial charge in [0.2, 0.25) is 11.8 Å². The number of nitrogens with zero attached hydrogens (tertiary/aromatic N) is 2. The van der Waals surface area contributed by atoms with Gasteiger partial charge in [-0.25, -0.2) is 8.42 Å². The molecule has 4 aromatic carbocycles. The van der Waals surface area contributed by atoms with Crippen molar-refractivity contribution < 1.29 is 18.0 Å². The average Bonchev–Trinajstić information content (AvgIpc) is 2.98. The number of rotatable bonds is 12. The molecule has 0 saturated heterocycles. The van der Waals surface area contributed by atoms with Crippen LogP contribution in [0.5, 0.6) is 0 Å². The molecule has 0 aliphatic heterocycles. The van der Waals surface area contributed by atoms with E-state index in [9.17, 15) is 18.0 Å². The van der Waals surface area contributed by atoms with Gasteiger partial charge in [0.1, 0.15) is 12.6 Å². The predicted octanol–water partition coefficient (Wildman–Crippen LogP) is 5.58. The molecule has 0 aliphatic rings. The van der Waals surface area contributed by atoms with Gasteiger partial charge >= 0.3 is 0 Å². The zero-order valence-electron chi connectivity index (χ0n) is 25.2. The molecule has 4 rings (SSSR count). The van der Waals surface area contributed by atoms with Crippen LogP contribution >= 0.6 is 0 Å². The molecule has 0 heterocycles. The number of hydrogen-bond donors (Lipinski definition) is 1. The third-order valence-corrected chi connectivity index (χ3v) is 9.02. The molecule has 7 nitrogen and oxygen atoms in total. The van der Waals surface area contributed by atoms with E-state index in [1.165, 1.54) is 4.90 Å². The lowest BCUT2D eigenvalue weighted by molar-refractivity contribution is -0.140. The van der Waals surface area contributed by atoms with Gasteiger partial charge in [0, 0.05) is 19.5 Å². The van der Waals surface area contributed by atoms with Crippen LogP contribution in [0.3, 0.4) is 0 Å². The van der Waals surface area contributed by atoms with E-state index in [1.54, 1.807) is 42.5 Å². The van der Waals surface area contributed by atoms with E-state index in [2.05, 4.69) is 5.32 Å². The summed E-state index contributed by atoms with van der Waals surface area (Å²) in [5.41, 5.74) is 4.91. The topological polar surface area (TPSA) is 86.8 Å². The standard InChI is InChI=1S/C35H39N3O4S/c1-5-36-35(40)33(23-29-13-7-6-8-14-29)37(24-30-15-9-11-27(3)21-30)34(39)25-38(31-16-10-12-28(4)22-31)43(41,42)32-19-17-26(2)18-20-32/h6-22,33H,5,23-25H2,1-4H3,(H,36,40)/t33-/m0/s1. The summed E-state index contributed by atoms with van der Waals surface area (Å²) in [5, 5.41) is 2.89. The number of amides is 2. The Balaban J connectivity index is 1.80. The van der Waals surface area contributed by atoms with Gasteiger partial charge < -0.3 is 10.2 Å². The molecule has 1 atom stereocenters. The van der Waals surface area contributed by atoms with Crippen molar-refractivity contribution in [2.24, 2.45) is 0 Å². The molecule has 8 heteroatoms. The van der Waals surface area contributed by atoms with Crippen molar-refractivity contribution in [2.45, 2.75) is 51.6 Å². The Morgan fingerprint density at radius 1 is 0.744 bits per heavy atom. The van der Waals surface area contributed by atoms with Crippen molar-refractivity contribution >= 4 is 27.5 Å². The molecule has 2 amide bonds. The van der Waals surface area contributed by atoms with E-state index in [4.69, 9.17) is 0 Å². The van der Waals surface area contributed by atoms with E-state index in [0.717, 1.165) is 32.1 Å². The molecular weight excluding hydrogens is 558 g/mol. The minimum absolute atomic E-state index is 0.0854. The highest BCUT2D eigenvalue weighted by Crippen LogP contribution is 2.26. The Labute approximate surface area is 255 Å². The molecule has 0 unspecified atom stereocenters.